The van der Waals surface area contributed by atoms with Crippen LogP contribution in [0.15, 0.2) is 17.4 Å². The van der Waals surface area contributed by atoms with Crippen LogP contribution >= 0.6 is 0 Å². The molecule has 8 heavy (non-hydrogen) atoms. The maximum atomic E-state index is 8.50. The van der Waals surface area contributed by atoms with Crippen LogP contribution in [-0.2, 0) is 0 Å². The molecule has 1 aliphatic rings. The first kappa shape index (κ1) is 5.31. The summed E-state index contributed by atoms with van der Waals surface area (Å²) >= 11 is 0. The van der Waals surface area contributed by atoms with Crippen LogP contribution in [0.25, 0.3) is 0 Å². The highest BCUT2D eigenvalue weighted by molar-refractivity contribution is 5.61. The number of rotatable bonds is 1. The van der Waals surface area contributed by atoms with Gasteiger partial charge in [0.2, 0.25) is 0 Å². The van der Waals surface area contributed by atoms with Crippen molar-refractivity contribution >= 4 is 6.21 Å². The van der Waals surface area contributed by atoms with Crippen molar-refractivity contribution < 1.29 is 5.11 Å². The maximum absolute atomic E-state index is 8.50. The van der Waals surface area contributed by atoms with Gasteiger partial charge in [-0.1, -0.05) is 0 Å². The third-order valence-electron chi connectivity index (χ3n) is 0.967. The lowest BCUT2D eigenvalue weighted by atomic mass is 10.5. The van der Waals surface area contributed by atoms with E-state index in [1.165, 1.54) is 0 Å². The fraction of sp³-hybridized carbons (Fsp3) is 0.400. The number of hydrogen-bond acceptors (Lipinski definition) is 3. The third-order valence-corrected chi connectivity index (χ3v) is 0.967. The molecule has 3 heteroatoms. The molecule has 0 saturated carbocycles. The quantitative estimate of drug-likeness (QED) is 0.509. The molecule has 1 rings (SSSR count). The largest absolute Gasteiger partial charge is 0.376 e. The summed E-state index contributed by atoms with van der Waals surface area (Å²) < 4.78 is 0. The standard InChI is InChI=1S/C5H8N2O/c8-5-7-3-1-6-2-4-7/h1-3,8H,4-5H2. The highest BCUT2D eigenvalue weighted by atomic mass is 16.3. The Morgan fingerprint density at radius 3 is 3.00 bits per heavy atom. The second-order valence-electron chi connectivity index (χ2n) is 1.54. The molecule has 3 nitrogen and oxygen atoms in total. The maximum Gasteiger partial charge on any atom is 0.115 e. The molecule has 1 N–H and O–H groups in total. The lowest BCUT2D eigenvalue weighted by Crippen LogP contribution is -2.21. The second kappa shape index (κ2) is 2.47. The zero-order valence-corrected chi connectivity index (χ0v) is 4.49. The number of aliphatic hydroxyl groups excluding tert-OH is 1. The van der Waals surface area contributed by atoms with Gasteiger partial charge in [0.1, 0.15) is 6.73 Å². The average Bonchev–Trinajstić information content (AvgIpc) is 1.90. The Balaban J connectivity index is 2.40. The molecule has 0 aromatic carbocycles. The summed E-state index contributed by atoms with van der Waals surface area (Å²) in [7, 11) is 0. The zero-order valence-electron chi connectivity index (χ0n) is 4.49. The first-order valence-corrected chi connectivity index (χ1v) is 2.46. The molecule has 0 bridgehead atoms. The minimum atomic E-state index is 0.0719. The topological polar surface area (TPSA) is 35.8 Å². The van der Waals surface area contributed by atoms with E-state index in [9.17, 15) is 0 Å². The molecule has 1 aliphatic heterocycles. The summed E-state index contributed by atoms with van der Waals surface area (Å²) in [6.07, 6.45) is 5.15. The van der Waals surface area contributed by atoms with Gasteiger partial charge < -0.3 is 10.0 Å². The fourth-order valence-corrected chi connectivity index (χ4v) is 0.511. The second-order valence-corrected chi connectivity index (χ2v) is 1.54. The van der Waals surface area contributed by atoms with Crippen LogP contribution in [0.5, 0.6) is 0 Å². The van der Waals surface area contributed by atoms with Gasteiger partial charge >= 0.3 is 0 Å². The van der Waals surface area contributed by atoms with E-state index >= 15 is 0 Å². The minimum Gasteiger partial charge on any atom is -0.376 e. The van der Waals surface area contributed by atoms with Gasteiger partial charge in [-0.3, -0.25) is 4.99 Å². The molecule has 44 valence electrons. The van der Waals surface area contributed by atoms with Crippen molar-refractivity contribution in [2.75, 3.05) is 13.3 Å². The summed E-state index contributed by atoms with van der Waals surface area (Å²) in [6, 6.07) is 0. The van der Waals surface area contributed by atoms with Crippen LogP contribution < -0.4 is 0 Å². The van der Waals surface area contributed by atoms with Crippen LogP contribution in [-0.4, -0.2) is 29.5 Å². The van der Waals surface area contributed by atoms with Gasteiger partial charge in [0.05, 0.1) is 6.54 Å². The van der Waals surface area contributed by atoms with Gasteiger partial charge in [-0.2, -0.15) is 0 Å². The van der Waals surface area contributed by atoms with E-state index in [2.05, 4.69) is 4.99 Å². The SMILES string of the molecule is OCN1C=CN=CC1. The molecule has 0 saturated heterocycles. The molecule has 0 radical (unpaired) electrons. The smallest absolute Gasteiger partial charge is 0.115 e. The zero-order chi connectivity index (χ0) is 5.82. The van der Waals surface area contributed by atoms with Crippen molar-refractivity contribution in [2.45, 2.75) is 0 Å². The Bertz CT molecular complexity index is 120. The van der Waals surface area contributed by atoms with Gasteiger partial charge in [0.25, 0.3) is 0 Å². The van der Waals surface area contributed by atoms with Gasteiger partial charge in [0, 0.05) is 18.6 Å². The van der Waals surface area contributed by atoms with E-state index in [-0.39, 0.29) is 6.73 Å². The normalized spacial score (nSPS) is 17.4. The first-order chi connectivity index (χ1) is 3.93. The summed E-state index contributed by atoms with van der Waals surface area (Å²) in [5.41, 5.74) is 0. The molecule has 0 fully saturated rings. The van der Waals surface area contributed by atoms with E-state index < -0.39 is 0 Å². The minimum absolute atomic E-state index is 0.0719. The van der Waals surface area contributed by atoms with Gasteiger partial charge in [0.15, 0.2) is 0 Å². The molecule has 0 aromatic heterocycles. The van der Waals surface area contributed by atoms with Gasteiger partial charge in [-0.25, -0.2) is 0 Å². The van der Waals surface area contributed by atoms with E-state index in [1.54, 1.807) is 23.5 Å². The van der Waals surface area contributed by atoms with Gasteiger partial charge in [-0.15, -0.1) is 0 Å². The monoisotopic (exact) mass is 112 g/mol. The van der Waals surface area contributed by atoms with Crippen LogP contribution in [0.4, 0.5) is 0 Å². The Morgan fingerprint density at radius 1 is 1.75 bits per heavy atom. The van der Waals surface area contributed by atoms with Crippen LogP contribution in [0, 0.1) is 0 Å². The summed E-state index contributed by atoms with van der Waals surface area (Å²) in [6.45, 7) is 0.787. The Kier molecular flexibility index (Phi) is 1.64. The van der Waals surface area contributed by atoms with Crippen molar-refractivity contribution in [1.82, 2.24) is 4.90 Å². The summed E-state index contributed by atoms with van der Waals surface area (Å²) in [5.74, 6) is 0. The number of aliphatic imine (C=N–C) groups is 1. The molecule has 1 heterocycles. The number of nitrogens with zero attached hydrogens (tertiary/aromatic N) is 2. The van der Waals surface area contributed by atoms with E-state index in [0.29, 0.717) is 6.54 Å². The molecular formula is C5H8N2O. The van der Waals surface area contributed by atoms with E-state index in [4.69, 9.17) is 5.11 Å². The molecule has 0 unspecified atom stereocenters. The molecule has 0 aliphatic carbocycles. The highest BCUT2D eigenvalue weighted by Gasteiger charge is 1.93. The van der Waals surface area contributed by atoms with Crippen LogP contribution in [0.3, 0.4) is 0 Å². The van der Waals surface area contributed by atoms with Crippen LogP contribution in [0.1, 0.15) is 0 Å². The van der Waals surface area contributed by atoms with E-state index in [0.717, 1.165) is 0 Å². The fourth-order valence-electron chi connectivity index (χ4n) is 0.511. The van der Waals surface area contributed by atoms with Crippen molar-refractivity contribution in [1.29, 1.82) is 0 Å². The third kappa shape index (κ3) is 1.07. The molecule has 0 spiro atoms. The highest BCUT2D eigenvalue weighted by Crippen LogP contribution is 1.90. The number of aliphatic hydroxyl groups is 1. The van der Waals surface area contributed by atoms with Gasteiger partial charge in [-0.05, 0) is 0 Å². The molecule has 0 aromatic rings. The first-order valence-electron chi connectivity index (χ1n) is 2.46. The summed E-state index contributed by atoms with van der Waals surface area (Å²) in [4.78, 5) is 5.56. The van der Waals surface area contributed by atoms with Crippen LogP contribution in [0.2, 0.25) is 0 Å². The Morgan fingerprint density at radius 2 is 2.62 bits per heavy atom. The predicted molar refractivity (Wildman–Crippen MR) is 31.4 cm³/mol. The predicted octanol–water partition coefficient (Wildman–Crippen LogP) is -0.206. The molecule has 0 atom stereocenters. The average molecular weight is 112 g/mol. The number of hydrogen-bond donors (Lipinski definition) is 1. The molecule has 0 amide bonds. The lowest BCUT2D eigenvalue weighted by Gasteiger charge is -2.14. The van der Waals surface area contributed by atoms with Crippen molar-refractivity contribution in [3.05, 3.63) is 12.4 Å². The van der Waals surface area contributed by atoms with Crippen molar-refractivity contribution in [3.8, 4) is 0 Å². The molecular weight excluding hydrogens is 104 g/mol. The Hall–Kier alpha value is -0.830. The summed E-state index contributed by atoms with van der Waals surface area (Å²) in [5, 5.41) is 8.50. The van der Waals surface area contributed by atoms with Crippen molar-refractivity contribution in [3.63, 3.8) is 0 Å². The van der Waals surface area contributed by atoms with Crippen molar-refractivity contribution in [2.24, 2.45) is 4.99 Å². The van der Waals surface area contributed by atoms with E-state index in [1.807, 2.05) is 0 Å². The Labute approximate surface area is 48.0 Å². The lowest BCUT2D eigenvalue weighted by molar-refractivity contribution is 0.165.